The minimum absolute atomic E-state index is 0.0368. The second-order valence-corrected chi connectivity index (χ2v) is 10.3. The third-order valence-electron chi connectivity index (χ3n) is 5.21. The van der Waals surface area contributed by atoms with Gasteiger partial charge in [-0.15, -0.1) is 0 Å². The van der Waals surface area contributed by atoms with Gasteiger partial charge in [0.1, 0.15) is 9.93 Å². The molecular weight excluding hydrogens is 502 g/mol. The Morgan fingerprint density at radius 2 is 1.75 bits per heavy atom. The molecule has 0 aliphatic carbocycles. The molecule has 4 nitrogen and oxygen atoms in total. The van der Waals surface area contributed by atoms with Crippen LogP contribution in [0.25, 0.3) is 0 Å². The van der Waals surface area contributed by atoms with Crippen molar-refractivity contribution < 1.29 is 4.79 Å². The first-order valence-corrected chi connectivity index (χ1v) is 12.7. The zero-order valence-electron chi connectivity index (χ0n) is 17.6. The maximum Gasteiger partial charge on any atom is 0.274 e. The fraction of sp³-hybridized carbons (Fsp3) is 0.120. The lowest BCUT2D eigenvalue weighted by Gasteiger charge is -2.19. The van der Waals surface area contributed by atoms with E-state index < -0.39 is 0 Å². The molecule has 0 radical (unpaired) electrons. The summed E-state index contributed by atoms with van der Waals surface area (Å²) in [7, 11) is 0. The summed E-state index contributed by atoms with van der Waals surface area (Å²) >= 11 is 6.58. The molecule has 2 aliphatic heterocycles. The molecule has 5 rings (SSSR count). The summed E-state index contributed by atoms with van der Waals surface area (Å²) < 4.78 is 0.994. The quantitative estimate of drug-likeness (QED) is 0.338. The van der Waals surface area contributed by atoms with Crippen LogP contribution in [0, 0.1) is 6.92 Å². The number of hydrogen-bond donors (Lipinski definition) is 0. The van der Waals surface area contributed by atoms with Gasteiger partial charge in [0.2, 0.25) is 0 Å². The molecule has 3 aromatic carbocycles. The number of carbonyl (C=O) groups excluding carboxylic acids is 1. The van der Waals surface area contributed by atoms with Gasteiger partial charge in [-0.3, -0.25) is 9.69 Å². The molecule has 1 fully saturated rings. The Hall–Kier alpha value is -2.48. The van der Waals surface area contributed by atoms with Gasteiger partial charge in [0.25, 0.3) is 5.91 Å². The van der Waals surface area contributed by atoms with Crippen LogP contribution in [0.15, 0.2) is 97.1 Å². The van der Waals surface area contributed by atoms with E-state index >= 15 is 0 Å². The molecule has 0 spiro atoms. The molecule has 0 unspecified atom stereocenters. The molecule has 0 N–H and O–H groups in total. The fourth-order valence-electron chi connectivity index (χ4n) is 3.72. The monoisotopic (exact) mass is 521 g/mol. The molecule has 32 heavy (non-hydrogen) atoms. The summed E-state index contributed by atoms with van der Waals surface area (Å²) in [6.07, 6.45) is 0. The van der Waals surface area contributed by atoms with E-state index in [4.69, 9.17) is 4.99 Å². The van der Waals surface area contributed by atoms with Crippen LogP contribution in [0.2, 0.25) is 0 Å². The third kappa shape index (κ3) is 3.89. The van der Waals surface area contributed by atoms with Gasteiger partial charge in [-0.05, 0) is 79.7 Å². The van der Waals surface area contributed by atoms with Crippen LogP contribution in [0.4, 0.5) is 17.1 Å². The Morgan fingerprint density at radius 1 is 0.969 bits per heavy atom. The Labute approximate surface area is 204 Å². The van der Waals surface area contributed by atoms with Gasteiger partial charge in [-0.25, -0.2) is 4.99 Å². The van der Waals surface area contributed by atoms with Gasteiger partial charge in [0.15, 0.2) is 5.17 Å². The van der Waals surface area contributed by atoms with Crippen molar-refractivity contribution in [2.45, 2.75) is 18.7 Å². The number of thioether (sulfide) groups is 2. The molecule has 2 aliphatic rings. The lowest BCUT2D eigenvalue weighted by molar-refractivity contribution is -0.113. The SMILES string of the molecule is CCN1C(=C2SC(=Nc3ccc(Br)cc3)N(c3cccc(C)c3)C2=O)Sc2ccccc21. The van der Waals surface area contributed by atoms with E-state index in [2.05, 4.69) is 39.9 Å². The molecule has 0 bridgehead atoms. The standard InChI is InChI=1S/C25H20BrN3OS2/c1-3-28-20-9-4-5-10-21(20)31-24(28)22-23(30)29(19-8-6-7-16(2)15-19)25(32-22)27-18-13-11-17(26)12-14-18/h4-15H,3H2,1-2H3. The summed E-state index contributed by atoms with van der Waals surface area (Å²) in [6.45, 7) is 4.94. The molecule has 3 aromatic rings. The van der Waals surface area contributed by atoms with Crippen molar-refractivity contribution in [3.8, 4) is 0 Å². The molecule has 0 saturated carbocycles. The largest absolute Gasteiger partial charge is 0.334 e. The van der Waals surface area contributed by atoms with E-state index in [1.54, 1.807) is 16.7 Å². The van der Waals surface area contributed by atoms with Gasteiger partial charge < -0.3 is 4.90 Å². The van der Waals surface area contributed by atoms with Gasteiger partial charge in [0.05, 0.1) is 17.1 Å². The first kappa shape index (κ1) is 21.4. The number of amides is 1. The Morgan fingerprint density at radius 3 is 2.50 bits per heavy atom. The Kier molecular flexibility index (Phi) is 5.88. The first-order chi connectivity index (χ1) is 15.5. The number of para-hydroxylation sites is 1. The number of aliphatic imine (C=N–C) groups is 1. The normalized spacial score (nSPS) is 19.2. The number of halogens is 1. The highest BCUT2D eigenvalue weighted by atomic mass is 79.9. The Bertz CT molecular complexity index is 1270. The third-order valence-corrected chi connectivity index (χ3v) is 8.08. The molecule has 1 saturated heterocycles. The molecule has 0 aromatic heterocycles. The van der Waals surface area contributed by atoms with E-state index in [1.165, 1.54) is 16.7 Å². The highest BCUT2D eigenvalue weighted by Crippen LogP contribution is 2.51. The predicted octanol–water partition coefficient (Wildman–Crippen LogP) is 7.33. The van der Waals surface area contributed by atoms with E-state index in [9.17, 15) is 4.79 Å². The number of nitrogens with zero attached hydrogens (tertiary/aromatic N) is 3. The van der Waals surface area contributed by atoms with Crippen LogP contribution < -0.4 is 9.80 Å². The van der Waals surface area contributed by atoms with Crippen LogP contribution in [0.3, 0.4) is 0 Å². The van der Waals surface area contributed by atoms with Crippen molar-refractivity contribution in [1.82, 2.24) is 0 Å². The summed E-state index contributed by atoms with van der Waals surface area (Å²) in [5, 5.41) is 1.64. The Balaban J connectivity index is 1.63. The maximum atomic E-state index is 13.8. The minimum atomic E-state index is -0.0368. The van der Waals surface area contributed by atoms with Crippen LogP contribution in [0.1, 0.15) is 12.5 Å². The fourth-order valence-corrected chi connectivity index (χ4v) is 6.37. The number of fused-ring (bicyclic) bond motifs is 1. The second kappa shape index (κ2) is 8.81. The lowest BCUT2D eigenvalue weighted by Crippen LogP contribution is -2.29. The highest BCUT2D eigenvalue weighted by Gasteiger charge is 2.40. The molecular formula is C25H20BrN3OS2. The van der Waals surface area contributed by atoms with Crippen molar-refractivity contribution in [2.24, 2.45) is 4.99 Å². The van der Waals surface area contributed by atoms with Gasteiger partial charge in [0, 0.05) is 15.9 Å². The van der Waals surface area contributed by atoms with Crippen LogP contribution in [-0.4, -0.2) is 17.6 Å². The number of benzene rings is 3. The smallest absolute Gasteiger partial charge is 0.274 e. The molecule has 160 valence electrons. The number of anilines is 2. The van der Waals surface area contributed by atoms with E-state index in [1.807, 2.05) is 67.6 Å². The van der Waals surface area contributed by atoms with E-state index in [0.717, 1.165) is 38.7 Å². The predicted molar refractivity (Wildman–Crippen MR) is 140 cm³/mol. The zero-order chi connectivity index (χ0) is 22.2. The van der Waals surface area contributed by atoms with Crippen LogP contribution >= 0.6 is 39.5 Å². The van der Waals surface area contributed by atoms with Crippen LogP contribution in [-0.2, 0) is 4.79 Å². The van der Waals surface area contributed by atoms with Gasteiger partial charge >= 0.3 is 0 Å². The molecule has 1 amide bonds. The van der Waals surface area contributed by atoms with Gasteiger partial charge in [-0.1, -0.05) is 52.0 Å². The summed E-state index contributed by atoms with van der Waals surface area (Å²) in [5.74, 6) is -0.0368. The van der Waals surface area contributed by atoms with Crippen molar-refractivity contribution in [2.75, 3.05) is 16.3 Å². The number of carbonyl (C=O) groups is 1. The average Bonchev–Trinajstić information content (AvgIpc) is 3.32. The molecule has 7 heteroatoms. The maximum absolute atomic E-state index is 13.8. The number of rotatable bonds is 3. The topological polar surface area (TPSA) is 35.9 Å². The molecule has 0 atom stereocenters. The zero-order valence-corrected chi connectivity index (χ0v) is 20.8. The number of hydrogen-bond acceptors (Lipinski definition) is 5. The van der Waals surface area contributed by atoms with Crippen molar-refractivity contribution in [3.05, 3.63) is 92.8 Å². The average molecular weight is 522 g/mol. The molecule has 2 heterocycles. The van der Waals surface area contributed by atoms with Crippen molar-refractivity contribution in [1.29, 1.82) is 0 Å². The second-order valence-electron chi connectivity index (χ2n) is 7.40. The minimum Gasteiger partial charge on any atom is -0.334 e. The number of amidine groups is 1. The lowest BCUT2D eigenvalue weighted by atomic mass is 10.2. The first-order valence-electron chi connectivity index (χ1n) is 10.3. The summed E-state index contributed by atoms with van der Waals surface area (Å²) in [5.41, 5.74) is 3.89. The summed E-state index contributed by atoms with van der Waals surface area (Å²) in [4.78, 5) is 24.5. The highest BCUT2D eigenvalue weighted by molar-refractivity contribution is 9.10. The summed E-state index contributed by atoms with van der Waals surface area (Å²) in [6, 6.07) is 24.1. The number of aryl methyl sites for hydroxylation is 1. The van der Waals surface area contributed by atoms with E-state index in [-0.39, 0.29) is 5.91 Å². The van der Waals surface area contributed by atoms with Gasteiger partial charge in [-0.2, -0.15) is 0 Å². The van der Waals surface area contributed by atoms with E-state index in [0.29, 0.717) is 10.1 Å². The van der Waals surface area contributed by atoms with Crippen molar-refractivity contribution >= 4 is 67.6 Å². The van der Waals surface area contributed by atoms with Crippen LogP contribution in [0.5, 0.6) is 0 Å². The van der Waals surface area contributed by atoms with Crippen molar-refractivity contribution in [3.63, 3.8) is 0 Å².